The molecular weight excluding hydrogens is 432 g/mol. The predicted molar refractivity (Wildman–Crippen MR) is 123 cm³/mol. The van der Waals surface area contributed by atoms with E-state index in [0.29, 0.717) is 10.6 Å². The summed E-state index contributed by atoms with van der Waals surface area (Å²) in [5.41, 5.74) is 5.37. The van der Waals surface area contributed by atoms with Crippen molar-refractivity contribution in [3.8, 4) is 5.00 Å². The van der Waals surface area contributed by atoms with Gasteiger partial charge in [-0.25, -0.2) is 9.59 Å². The molecule has 32 heavy (non-hydrogen) atoms. The predicted octanol–water partition coefficient (Wildman–Crippen LogP) is 2.29. The number of nitrogens with two attached hydrogens (primary N) is 1. The lowest BCUT2D eigenvalue weighted by atomic mass is 10.1. The normalized spacial score (nSPS) is 11.2. The van der Waals surface area contributed by atoms with E-state index in [1.807, 2.05) is 52.2 Å². The van der Waals surface area contributed by atoms with Gasteiger partial charge in [-0.1, -0.05) is 13.8 Å². The fraction of sp³-hybridized carbons (Fsp3) is 0.364. The number of ketones is 1. The van der Waals surface area contributed by atoms with Crippen LogP contribution in [0.25, 0.3) is 5.00 Å². The number of nitrogen functional groups attached to an aromatic ring is 1. The third-order valence-electron chi connectivity index (χ3n) is 5.15. The van der Waals surface area contributed by atoms with Crippen LogP contribution in [-0.2, 0) is 18.3 Å². The fourth-order valence-electron chi connectivity index (χ4n) is 3.36. The van der Waals surface area contributed by atoms with Gasteiger partial charge >= 0.3 is 11.7 Å². The maximum absolute atomic E-state index is 12.9. The second-order valence-electron chi connectivity index (χ2n) is 7.96. The zero-order valence-electron chi connectivity index (χ0n) is 18.7. The van der Waals surface area contributed by atoms with Crippen molar-refractivity contribution in [2.45, 2.75) is 34.2 Å². The molecule has 0 saturated heterocycles. The molecule has 3 rings (SSSR count). The molecule has 0 atom stereocenters. The van der Waals surface area contributed by atoms with Crippen molar-refractivity contribution in [3.05, 3.63) is 66.9 Å². The van der Waals surface area contributed by atoms with Gasteiger partial charge in [-0.05, 0) is 37.5 Å². The van der Waals surface area contributed by atoms with E-state index in [4.69, 9.17) is 10.5 Å². The minimum atomic E-state index is -0.816. The van der Waals surface area contributed by atoms with E-state index >= 15 is 0 Å². The molecule has 0 bridgehead atoms. The number of esters is 1. The summed E-state index contributed by atoms with van der Waals surface area (Å²) in [6.45, 7) is 7.05. The largest absolute Gasteiger partial charge is 0.454 e. The van der Waals surface area contributed by atoms with Gasteiger partial charge in [0.1, 0.15) is 16.4 Å². The van der Waals surface area contributed by atoms with Crippen molar-refractivity contribution in [2.24, 2.45) is 13.0 Å². The van der Waals surface area contributed by atoms with Crippen molar-refractivity contribution in [1.29, 1.82) is 0 Å². The number of Topliss-reactive ketones (excluding diaryl/α,β-unsaturated/α-hetero) is 1. The summed E-state index contributed by atoms with van der Waals surface area (Å²) in [4.78, 5) is 51.7. The molecule has 0 aromatic carbocycles. The van der Waals surface area contributed by atoms with Gasteiger partial charge in [0.05, 0.1) is 5.56 Å². The van der Waals surface area contributed by atoms with E-state index < -0.39 is 29.6 Å². The average molecular weight is 459 g/mol. The molecule has 9 nitrogen and oxygen atoms in total. The molecule has 0 aliphatic carbocycles. The number of rotatable bonds is 7. The maximum Gasteiger partial charge on any atom is 0.341 e. The molecule has 3 heterocycles. The number of hydrogen-bond donors (Lipinski definition) is 1. The van der Waals surface area contributed by atoms with Gasteiger partial charge in [0.2, 0.25) is 5.78 Å². The molecule has 0 aliphatic heterocycles. The van der Waals surface area contributed by atoms with E-state index in [2.05, 4.69) is 0 Å². The quantitative estimate of drug-likeness (QED) is 0.429. The molecule has 0 fully saturated rings. The number of hydrogen-bond acceptors (Lipinski definition) is 7. The summed E-state index contributed by atoms with van der Waals surface area (Å²) in [5.74, 6) is -1.59. The zero-order valence-corrected chi connectivity index (χ0v) is 19.5. The number of nitrogens with zero attached hydrogens (tertiary/aromatic N) is 3. The number of anilines is 1. The van der Waals surface area contributed by atoms with Crippen LogP contribution in [0.15, 0.2) is 34.1 Å². The molecule has 2 N–H and O–H groups in total. The standard InChI is InChI=1S/C22H26N4O5S/c1-12(2)10-26-18(23)17(19(28)24(5)22(26)30)15(27)11-31-21(29)16-13(3)14(4)32-20(16)25-8-6-7-9-25/h6-9,12H,10-11,23H2,1-5H3. The molecule has 0 radical (unpaired) electrons. The lowest BCUT2D eigenvalue weighted by Crippen LogP contribution is -2.43. The molecule has 0 amide bonds. The van der Waals surface area contributed by atoms with Gasteiger partial charge in [0, 0.05) is 30.9 Å². The maximum atomic E-state index is 12.9. The Balaban J connectivity index is 1.91. The molecule has 0 saturated carbocycles. The molecule has 0 aliphatic rings. The van der Waals surface area contributed by atoms with Crippen LogP contribution in [0.3, 0.4) is 0 Å². The Morgan fingerprint density at radius 1 is 1.12 bits per heavy atom. The highest BCUT2D eigenvalue weighted by molar-refractivity contribution is 7.15. The zero-order chi connectivity index (χ0) is 23.7. The molecule has 10 heteroatoms. The summed E-state index contributed by atoms with van der Waals surface area (Å²) in [7, 11) is 1.28. The molecule has 3 aromatic heterocycles. The second kappa shape index (κ2) is 8.99. The van der Waals surface area contributed by atoms with Crippen molar-refractivity contribution in [2.75, 3.05) is 12.3 Å². The van der Waals surface area contributed by atoms with E-state index in [0.717, 1.165) is 15.0 Å². The van der Waals surface area contributed by atoms with Crippen LogP contribution in [0.5, 0.6) is 0 Å². The number of carbonyl (C=O) groups is 2. The van der Waals surface area contributed by atoms with Crippen LogP contribution in [-0.4, -0.2) is 32.1 Å². The fourth-order valence-corrected chi connectivity index (χ4v) is 4.47. The average Bonchev–Trinajstić information content (AvgIpc) is 3.36. The number of carbonyl (C=O) groups excluding carboxylic acids is 2. The molecule has 170 valence electrons. The molecule has 0 spiro atoms. The lowest BCUT2D eigenvalue weighted by Gasteiger charge is -2.16. The molecule has 0 unspecified atom stereocenters. The summed E-state index contributed by atoms with van der Waals surface area (Å²) < 4.78 is 9.13. The highest BCUT2D eigenvalue weighted by Gasteiger charge is 2.26. The van der Waals surface area contributed by atoms with Crippen molar-refractivity contribution >= 4 is 28.9 Å². The van der Waals surface area contributed by atoms with E-state index in [9.17, 15) is 19.2 Å². The van der Waals surface area contributed by atoms with Crippen molar-refractivity contribution in [3.63, 3.8) is 0 Å². The number of aromatic nitrogens is 3. The smallest absolute Gasteiger partial charge is 0.341 e. The molecular formula is C22H26N4O5S. The Labute approximate surface area is 188 Å². The first-order valence-corrected chi connectivity index (χ1v) is 10.9. The van der Waals surface area contributed by atoms with Gasteiger partial charge in [0.15, 0.2) is 6.61 Å². The monoisotopic (exact) mass is 458 g/mol. The van der Waals surface area contributed by atoms with Gasteiger partial charge in [0.25, 0.3) is 5.56 Å². The summed E-state index contributed by atoms with van der Waals surface area (Å²) in [5, 5.41) is 0.684. The number of ether oxygens (including phenoxy) is 1. The Morgan fingerprint density at radius 3 is 2.34 bits per heavy atom. The summed E-state index contributed by atoms with van der Waals surface area (Å²) >= 11 is 1.44. The Bertz CT molecular complexity index is 1300. The van der Waals surface area contributed by atoms with Gasteiger partial charge < -0.3 is 15.0 Å². The van der Waals surface area contributed by atoms with E-state index in [1.54, 1.807) is 4.57 Å². The van der Waals surface area contributed by atoms with Gasteiger partial charge in [-0.15, -0.1) is 11.3 Å². The van der Waals surface area contributed by atoms with E-state index in [-0.39, 0.29) is 23.8 Å². The Hall–Kier alpha value is -3.40. The lowest BCUT2D eigenvalue weighted by molar-refractivity contribution is 0.0474. The van der Waals surface area contributed by atoms with Crippen LogP contribution in [0.1, 0.15) is 45.0 Å². The highest BCUT2D eigenvalue weighted by Crippen LogP contribution is 2.31. The first-order valence-electron chi connectivity index (χ1n) is 10.1. The van der Waals surface area contributed by atoms with Gasteiger partial charge in [-0.3, -0.25) is 18.7 Å². The Kier molecular flexibility index (Phi) is 6.54. The van der Waals surface area contributed by atoms with Crippen molar-refractivity contribution in [1.82, 2.24) is 13.7 Å². The summed E-state index contributed by atoms with van der Waals surface area (Å²) in [6, 6.07) is 3.68. The van der Waals surface area contributed by atoms with Crippen molar-refractivity contribution < 1.29 is 14.3 Å². The minimum Gasteiger partial charge on any atom is -0.454 e. The molecule has 3 aromatic rings. The van der Waals surface area contributed by atoms with Crippen LogP contribution in [0, 0.1) is 19.8 Å². The van der Waals surface area contributed by atoms with E-state index in [1.165, 1.54) is 23.0 Å². The second-order valence-corrected chi connectivity index (χ2v) is 9.17. The van der Waals surface area contributed by atoms with Crippen LogP contribution >= 0.6 is 11.3 Å². The number of thiophene rings is 1. The minimum absolute atomic E-state index is 0.0604. The third-order valence-corrected chi connectivity index (χ3v) is 6.37. The van der Waals surface area contributed by atoms with Gasteiger partial charge in [-0.2, -0.15) is 0 Å². The highest BCUT2D eigenvalue weighted by atomic mass is 32.1. The first kappa shape index (κ1) is 23.3. The third kappa shape index (κ3) is 4.18. The topological polar surface area (TPSA) is 118 Å². The Morgan fingerprint density at radius 2 is 1.75 bits per heavy atom. The van der Waals surface area contributed by atoms with Crippen LogP contribution in [0.4, 0.5) is 5.82 Å². The first-order chi connectivity index (χ1) is 15.0. The van der Waals surface area contributed by atoms with Crippen LogP contribution < -0.4 is 17.0 Å². The number of aryl methyl sites for hydroxylation is 1. The van der Waals surface area contributed by atoms with Crippen LogP contribution in [0.2, 0.25) is 0 Å². The SMILES string of the molecule is Cc1sc(-n2cccc2)c(C(=O)OCC(=O)c2c(N)n(CC(C)C)c(=O)n(C)c2=O)c1C. The summed E-state index contributed by atoms with van der Waals surface area (Å²) in [6.07, 6.45) is 3.63.